The monoisotopic (exact) mass is 429 g/mol. The Labute approximate surface area is 177 Å². The minimum Gasteiger partial charge on any atom is -0.489 e. The van der Waals surface area contributed by atoms with E-state index in [1.165, 1.54) is 13.2 Å². The van der Waals surface area contributed by atoms with Gasteiger partial charge in [-0.1, -0.05) is 17.7 Å². The van der Waals surface area contributed by atoms with Crippen LogP contribution in [-0.2, 0) is 14.3 Å². The summed E-state index contributed by atoms with van der Waals surface area (Å²) in [5, 5.41) is 0.782. The Morgan fingerprint density at radius 3 is 2.90 bits per heavy atom. The number of carbonyl (C=O) groups is 1. The highest BCUT2D eigenvalue weighted by Crippen LogP contribution is 2.33. The highest BCUT2D eigenvalue weighted by atomic mass is 35.5. The van der Waals surface area contributed by atoms with Gasteiger partial charge in [0, 0.05) is 12.3 Å². The molecule has 2 heterocycles. The zero-order valence-electron chi connectivity index (χ0n) is 16.3. The lowest BCUT2D eigenvalue weighted by Crippen LogP contribution is -2.37. The van der Waals surface area contributed by atoms with Crippen molar-refractivity contribution in [3.8, 4) is 17.1 Å². The minimum absolute atomic E-state index is 0.0340. The first-order valence-electron chi connectivity index (χ1n) is 9.56. The van der Waals surface area contributed by atoms with Gasteiger partial charge in [0.15, 0.2) is 11.0 Å². The van der Waals surface area contributed by atoms with Crippen LogP contribution in [0.5, 0.6) is 5.75 Å². The quantitative estimate of drug-likeness (QED) is 0.416. The van der Waals surface area contributed by atoms with Gasteiger partial charge >= 0.3 is 5.97 Å². The Bertz CT molecular complexity index is 1120. The molecule has 1 saturated carbocycles. The fourth-order valence-electron chi connectivity index (χ4n) is 3.40. The highest BCUT2D eigenvalue weighted by Gasteiger charge is 2.35. The van der Waals surface area contributed by atoms with E-state index in [1.807, 2.05) is 0 Å². The van der Waals surface area contributed by atoms with E-state index in [2.05, 4.69) is 4.98 Å². The normalized spacial score (nSPS) is 18.1. The Morgan fingerprint density at radius 1 is 1.27 bits per heavy atom. The molecule has 1 fully saturated rings. The van der Waals surface area contributed by atoms with Gasteiger partial charge in [0.1, 0.15) is 18.1 Å². The van der Waals surface area contributed by atoms with Crippen LogP contribution in [0.25, 0.3) is 22.3 Å². The number of hydrogen-bond donors (Lipinski definition) is 0. The maximum absolute atomic E-state index is 12.5. The predicted octanol–water partition coefficient (Wildman–Crippen LogP) is 3.86. The molecule has 156 valence electrons. The minimum atomic E-state index is -0.192. The summed E-state index contributed by atoms with van der Waals surface area (Å²) in [5.41, 5.74) is 0.737. The molecule has 1 aliphatic carbocycles. The van der Waals surface area contributed by atoms with Crippen LogP contribution in [-0.4, -0.2) is 37.4 Å². The van der Waals surface area contributed by atoms with E-state index in [1.54, 1.807) is 36.7 Å². The number of ether oxygens (including phenoxy) is 3. The molecule has 4 rings (SSSR count). The van der Waals surface area contributed by atoms with Crippen LogP contribution in [0.2, 0.25) is 5.02 Å². The van der Waals surface area contributed by atoms with E-state index in [0.29, 0.717) is 52.5 Å². The summed E-state index contributed by atoms with van der Waals surface area (Å²) in [4.78, 5) is 28.0. The molecule has 0 atom stereocenters. The maximum atomic E-state index is 12.5. The zero-order valence-corrected chi connectivity index (χ0v) is 17.1. The summed E-state index contributed by atoms with van der Waals surface area (Å²) >= 11 is 6.20. The molecule has 8 heteroatoms. The Hall–Kier alpha value is -2.90. The van der Waals surface area contributed by atoms with Crippen LogP contribution in [0.3, 0.4) is 0 Å². The Morgan fingerprint density at radius 2 is 2.10 bits per heavy atom. The number of halogens is 1. The van der Waals surface area contributed by atoms with Gasteiger partial charge in [-0.2, -0.15) is 0 Å². The third kappa shape index (κ3) is 4.17. The number of pyridine rings is 1. The molecule has 30 heavy (non-hydrogen) atoms. The number of esters is 1. The molecule has 1 aliphatic rings. The highest BCUT2D eigenvalue weighted by molar-refractivity contribution is 6.34. The van der Waals surface area contributed by atoms with E-state index in [9.17, 15) is 9.59 Å². The smallest absolute Gasteiger partial charge is 0.308 e. The molecule has 0 saturated heterocycles. The predicted molar refractivity (Wildman–Crippen MR) is 111 cm³/mol. The standard InChI is InChI=1S/C22H20ClNO6/c1-27-22(26)13-9-14(10-13)28-7-8-29-20-12-24-6-5-16(20)19-11-18(25)15-3-2-4-17(23)21(15)30-19/h2-6,11-14H,7-10H2,1H3. The molecular formula is C22H20ClNO6. The van der Waals surface area contributed by atoms with Crippen molar-refractivity contribution in [1.82, 2.24) is 4.98 Å². The maximum Gasteiger partial charge on any atom is 0.308 e. The van der Waals surface area contributed by atoms with Crippen molar-refractivity contribution in [2.75, 3.05) is 20.3 Å². The average Bonchev–Trinajstić information content (AvgIpc) is 2.72. The molecule has 2 aromatic heterocycles. The number of benzene rings is 1. The number of carbonyl (C=O) groups excluding carboxylic acids is 1. The van der Waals surface area contributed by atoms with E-state index in [0.717, 1.165) is 0 Å². The van der Waals surface area contributed by atoms with Gasteiger partial charge in [0.2, 0.25) is 0 Å². The third-order valence-electron chi connectivity index (χ3n) is 5.08. The van der Waals surface area contributed by atoms with Gasteiger partial charge in [-0.3, -0.25) is 14.6 Å². The van der Waals surface area contributed by atoms with Crippen LogP contribution in [0.1, 0.15) is 12.8 Å². The third-order valence-corrected chi connectivity index (χ3v) is 5.38. The molecule has 7 nitrogen and oxygen atoms in total. The van der Waals surface area contributed by atoms with Gasteiger partial charge in [-0.05, 0) is 31.0 Å². The second-order valence-electron chi connectivity index (χ2n) is 7.00. The molecule has 0 radical (unpaired) electrons. The Balaban J connectivity index is 1.43. The molecule has 0 bridgehead atoms. The average molecular weight is 430 g/mol. The summed E-state index contributed by atoms with van der Waals surface area (Å²) in [7, 11) is 1.39. The number of methoxy groups -OCH3 is 1. The number of para-hydroxylation sites is 1. The van der Waals surface area contributed by atoms with Crippen molar-refractivity contribution in [3.63, 3.8) is 0 Å². The summed E-state index contributed by atoms with van der Waals surface area (Å²) < 4.78 is 22.2. The fourth-order valence-corrected chi connectivity index (χ4v) is 3.61. The SMILES string of the molecule is COC(=O)C1CC(OCCOc2cnccc2-c2cc(=O)c3cccc(Cl)c3o2)C1. The largest absolute Gasteiger partial charge is 0.489 e. The van der Waals surface area contributed by atoms with Crippen molar-refractivity contribution in [2.24, 2.45) is 5.92 Å². The van der Waals surface area contributed by atoms with Crippen LogP contribution >= 0.6 is 11.6 Å². The molecule has 0 amide bonds. The Kier molecular flexibility index (Phi) is 6.01. The lowest BCUT2D eigenvalue weighted by molar-refractivity contribution is -0.155. The van der Waals surface area contributed by atoms with E-state index < -0.39 is 0 Å². The van der Waals surface area contributed by atoms with Crippen LogP contribution in [0, 0.1) is 5.92 Å². The number of hydrogen-bond acceptors (Lipinski definition) is 7. The van der Waals surface area contributed by atoms with Crippen molar-refractivity contribution in [3.05, 3.63) is 58.0 Å². The first-order valence-corrected chi connectivity index (χ1v) is 9.93. The van der Waals surface area contributed by atoms with E-state index in [4.69, 9.17) is 30.2 Å². The van der Waals surface area contributed by atoms with Gasteiger partial charge in [0.25, 0.3) is 0 Å². The van der Waals surface area contributed by atoms with Crippen molar-refractivity contribution < 1.29 is 23.4 Å². The lowest BCUT2D eigenvalue weighted by Gasteiger charge is -2.32. The second kappa shape index (κ2) is 8.85. The van der Waals surface area contributed by atoms with Crippen molar-refractivity contribution in [1.29, 1.82) is 0 Å². The fraction of sp³-hybridized carbons (Fsp3) is 0.318. The van der Waals surface area contributed by atoms with Crippen molar-refractivity contribution >= 4 is 28.5 Å². The first-order chi connectivity index (χ1) is 14.6. The molecular weight excluding hydrogens is 410 g/mol. The van der Waals surface area contributed by atoms with Crippen LogP contribution < -0.4 is 10.2 Å². The van der Waals surface area contributed by atoms with Gasteiger partial charge in [0.05, 0.1) is 47.9 Å². The molecule has 0 aliphatic heterocycles. The molecule has 3 aromatic rings. The summed E-state index contributed by atoms with van der Waals surface area (Å²) in [5.74, 6) is 0.548. The van der Waals surface area contributed by atoms with E-state index >= 15 is 0 Å². The van der Waals surface area contributed by atoms with Crippen LogP contribution in [0.15, 0.2) is 51.9 Å². The lowest BCUT2D eigenvalue weighted by atomic mass is 9.82. The van der Waals surface area contributed by atoms with Gasteiger partial charge in [-0.15, -0.1) is 0 Å². The number of nitrogens with zero attached hydrogens (tertiary/aromatic N) is 1. The van der Waals surface area contributed by atoms with Gasteiger partial charge < -0.3 is 18.6 Å². The van der Waals surface area contributed by atoms with Gasteiger partial charge in [-0.25, -0.2) is 0 Å². The first kappa shape index (κ1) is 20.4. The number of rotatable bonds is 7. The van der Waals surface area contributed by atoms with Crippen LogP contribution in [0.4, 0.5) is 0 Å². The molecule has 1 aromatic carbocycles. The number of fused-ring (bicyclic) bond motifs is 1. The zero-order chi connectivity index (χ0) is 21.1. The molecule has 0 unspecified atom stereocenters. The summed E-state index contributed by atoms with van der Waals surface area (Å²) in [6.07, 6.45) is 4.51. The molecule has 0 N–H and O–H groups in total. The second-order valence-corrected chi connectivity index (χ2v) is 7.40. The number of aromatic nitrogens is 1. The summed E-state index contributed by atoms with van der Waals surface area (Å²) in [6.45, 7) is 0.650. The van der Waals surface area contributed by atoms with Crippen molar-refractivity contribution in [2.45, 2.75) is 18.9 Å². The topological polar surface area (TPSA) is 87.9 Å². The summed E-state index contributed by atoms with van der Waals surface area (Å²) in [6, 6.07) is 8.17. The molecule has 0 spiro atoms. The van der Waals surface area contributed by atoms with E-state index in [-0.39, 0.29) is 30.0 Å².